The number of aryl methyl sites for hydroxylation is 1. The minimum Gasteiger partial charge on any atom is -0.459 e. The highest BCUT2D eigenvalue weighted by atomic mass is 19.4. The van der Waals surface area contributed by atoms with Gasteiger partial charge in [0.2, 0.25) is 0 Å². The first-order valence-electron chi connectivity index (χ1n) is 17.5. The summed E-state index contributed by atoms with van der Waals surface area (Å²) in [5.41, 5.74) is 0.758. The Morgan fingerprint density at radius 2 is 1.73 bits per heavy atom. The van der Waals surface area contributed by atoms with Gasteiger partial charge in [-0.25, -0.2) is 13.9 Å². The molecule has 1 aromatic heterocycles. The molecule has 2 heterocycles. The van der Waals surface area contributed by atoms with Crippen LogP contribution in [0.5, 0.6) is 5.75 Å². The molecule has 272 valence electrons. The number of imidazole rings is 1. The topological polar surface area (TPSA) is 89.4 Å². The van der Waals surface area contributed by atoms with Crippen molar-refractivity contribution in [2.45, 2.75) is 71.1 Å². The number of para-hydroxylation sites is 2. The Hall–Kier alpha value is -5.02. The molecule has 1 unspecified atom stereocenters. The highest BCUT2D eigenvalue weighted by Gasteiger charge is 2.65. The minimum absolute atomic E-state index is 0.0464. The molecule has 0 saturated heterocycles. The zero-order valence-corrected chi connectivity index (χ0v) is 29.8. The van der Waals surface area contributed by atoms with Gasteiger partial charge in [-0.15, -0.1) is 16.7 Å². The molecule has 6 rings (SSSR count). The summed E-state index contributed by atoms with van der Waals surface area (Å²) in [5, 5.41) is 6.47. The Balaban J connectivity index is 1.13. The number of benzene rings is 3. The van der Waals surface area contributed by atoms with Crippen LogP contribution in [0.4, 0.5) is 13.2 Å². The number of esters is 2. The number of carbonyl (C=O) groups is 2. The molecule has 3 atom stereocenters. The summed E-state index contributed by atoms with van der Waals surface area (Å²) in [6.45, 7) is 6.83. The largest absolute Gasteiger partial charge is 0.459 e. The fraction of sp³-hybridized carbons (Fsp3) is 0.425. The summed E-state index contributed by atoms with van der Waals surface area (Å²) < 4.78 is 56.0. The highest BCUT2D eigenvalue weighted by molar-refractivity contribution is 5.80. The third-order valence-electron chi connectivity index (χ3n) is 10.1. The first-order valence-corrected chi connectivity index (χ1v) is 17.5. The lowest BCUT2D eigenvalue weighted by Crippen LogP contribution is -2.37. The van der Waals surface area contributed by atoms with Gasteiger partial charge in [0, 0.05) is 12.1 Å². The number of fused-ring (bicyclic) bond motifs is 1. The lowest BCUT2D eigenvalue weighted by Gasteiger charge is -2.36. The van der Waals surface area contributed by atoms with E-state index in [0.29, 0.717) is 29.1 Å². The molecule has 0 radical (unpaired) electrons. The van der Waals surface area contributed by atoms with E-state index >= 15 is 0 Å². The SMILES string of the molecule is C#CCN(CC(=O)Oc1ccc(-c2n(CC(=O)OC3C[C@H](C)CC[C@H]3C(C)C)c3ccccc3[n+]2C)cc1)Cc1ccc(C2(C(F)(F)F)N=N2)cc1. The molecule has 1 aliphatic carbocycles. The maximum atomic E-state index is 13.5. The number of ether oxygens (including phenoxy) is 2. The van der Waals surface area contributed by atoms with Gasteiger partial charge in [-0.2, -0.15) is 13.2 Å². The smallest absolute Gasteiger partial charge is 0.442 e. The third kappa shape index (κ3) is 7.75. The zero-order chi connectivity index (χ0) is 37.2. The van der Waals surface area contributed by atoms with Crippen LogP contribution in [0.2, 0.25) is 0 Å². The Kier molecular flexibility index (Phi) is 10.5. The third-order valence-corrected chi connectivity index (χ3v) is 10.1. The van der Waals surface area contributed by atoms with Crippen molar-refractivity contribution in [3.05, 3.63) is 83.9 Å². The maximum absolute atomic E-state index is 13.5. The number of aromatic nitrogens is 2. The van der Waals surface area contributed by atoms with Crippen molar-refractivity contribution < 1.29 is 36.8 Å². The molecule has 1 saturated carbocycles. The maximum Gasteiger partial charge on any atom is 0.442 e. The monoisotopic (exact) mass is 714 g/mol. The van der Waals surface area contributed by atoms with E-state index in [1.54, 1.807) is 17.0 Å². The van der Waals surface area contributed by atoms with E-state index in [0.717, 1.165) is 41.7 Å². The van der Waals surface area contributed by atoms with Gasteiger partial charge < -0.3 is 9.47 Å². The number of carbonyl (C=O) groups excluding carboxylic acids is 2. The van der Waals surface area contributed by atoms with Crippen LogP contribution in [0.15, 0.2) is 83.0 Å². The number of terminal acetylenes is 1. The molecule has 4 aromatic rings. The lowest BCUT2D eigenvalue weighted by molar-refractivity contribution is -0.634. The summed E-state index contributed by atoms with van der Waals surface area (Å²) in [5.74, 6) is 4.09. The highest BCUT2D eigenvalue weighted by Crippen LogP contribution is 2.52. The van der Waals surface area contributed by atoms with Gasteiger partial charge in [-0.3, -0.25) is 9.69 Å². The number of hydrogen-bond acceptors (Lipinski definition) is 7. The van der Waals surface area contributed by atoms with Gasteiger partial charge >= 0.3 is 23.8 Å². The van der Waals surface area contributed by atoms with Gasteiger partial charge in [0.15, 0.2) is 17.6 Å². The van der Waals surface area contributed by atoms with E-state index in [1.165, 1.54) is 24.3 Å². The quantitative estimate of drug-likeness (QED) is 0.0663. The van der Waals surface area contributed by atoms with Crippen LogP contribution in [0.25, 0.3) is 22.4 Å². The van der Waals surface area contributed by atoms with E-state index < -0.39 is 17.8 Å². The van der Waals surface area contributed by atoms with Crippen molar-refractivity contribution >= 4 is 23.0 Å². The first-order chi connectivity index (χ1) is 24.8. The van der Waals surface area contributed by atoms with E-state index in [4.69, 9.17) is 15.9 Å². The summed E-state index contributed by atoms with van der Waals surface area (Å²) >= 11 is 0. The minimum atomic E-state index is -4.61. The van der Waals surface area contributed by atoms with Crippen molar-refractivity contribution in [1.29, 1.82) is 0 Å². The molecular weight excluding hydrogens is 671 g/mol. The van der Waals surface area contributed by atoms with Gasteiger partial charge in [0.1, 0.15) is 11.9 Å². The fourth-order valence-electron chi connectivity index (χ4n) is 7.34. The summed E-state index contributed by atoms with van der Waals surface area (Å²) in [4.78, 5) is 28.2. The molecule has 52 heavy (non-hydrogen) atoms. The molecule has 9 nitrogen and oxygen atoms in total. The second-order valence-electron chi connectivity index (χ2n) is 14.2. The van der Waals surface area contributed by atoms with Gasteiger partial charge in [-0.1, -0.05) is 69.5 Å². The predicted molar refractivity (Wildman–Crippen MR) is 189 cm³/mol. The average molecular weight is 715 g/mol. The van der Waals surface area contributed by atoms with Crippen LogP contribution in [-0.4, -0.2) is 46.8 Å². The standard InChI is InChI=1S/C40H43F3N5O4/c1-6-21-47(23-28-12-16-30(17-13-28)39(44-45-39)40(41,42)43)24-36(49)51-31-18-14-29(15-19-31)38-46(5)33-9-7-8-10-34(33)48(38)25-37(50)52-35-22-27(4)11-20-32(35)26(2)3/h1,7-10,12-19,26-27,32,35H,11,20-25H2,2-5H3/q+1/t27-,32+,35?/m1/s1. The average Bonchev–Trinajstić information content (AvgIpc) is 3.87. The van der Waals surface area contributed by atoms with Crippen molar-refractivity contribution in [2.75, 3.05) is 13.1 Å². The molecule has 0 spiro atoms. The van der Waals surface area contributed by atoms with E-state index in [1.807, 2.05) is 52.6 Å². The number of halogens is 3. The Morgan fingerprint density at radius 1 is 1.04 bits per heavy atom. The molecule has 2 aliphatic rings. The van der Waals surface area contributed by atoms with E-state index in [9.17, 15) is 22.8 Å². The number of alkyl halides is 3. The Morgan fingerprint density at radius 3 is 2.37 bits per heavy atom. The summed E-state index contributed by atoms with van der Waals surface area (Å²) in [6.07, 6.45) is 3.90. The predicted octanol–water partition coefficient (Wildman–Crippen LogP) is 7.36. The van der Waals surface area contributed by atoms with Crippen LogP contribution >= 0.6 is 0 Å². The van der Waals surface area contributed by atoms with Crippen molar-refractivity contribution in [3.8, 4) is 29.5 Å². The molecule has 0 N–H and O–H groups in total. The summed E-state index contributed by atoms with van der Waals surface area (Å²) in [7, 11) is 1.95. The number of rotatable bonds is 12. The van der Waals surface area contributed by atoms with Crippen LogP contribution in [-0.2, 0) is 40.1 Å². The fourth-order valence-corrected chi connectivity index (χ4v) is 7.34. The van der Waals surface area contributed by atoms with Crippen LogP contribution < -0.4 is 9.30 Å². The Labute approximate surface area is 301 Å². The molecule has 0 bridgehead atoms. The molecule has 1 fully saturated rings. The molecular formula is C40H43F3N5O4+. The van der Waals surface area contributed by atoms with Crippen LogP contribution in [0, 0.1) is 30.1 Å². The molecule has 1 aliphatic heterocycles. The molecule has 0 amide bonds. The number of nitrogens with zero attached hydrogens (tertiary/aromatic N) is 5. The van der Waals surface area contributed by atoms with E-state index in [-0.39, 0.29) is 43.8 Å². The first kappa shape index (κ1) is 36.8. The second-order valence-corrected chi connectivity index (χ2v) is 14.2. The van der Waals surface area contributed by atoms with Gasteiger partial charge in [-0.05, 0) is 72.6 Å². The van der Waals surface area contributed by atoms with Gasteiger partial charge in [0.25, 0.3) is 5.82 Å². The molecule has 3 aromatic carbocycles. The molecule has 12 heteroatoms. The second kappa shape index (κ2) is 14.9. The summed E-state index contributed by atoms with van der Waals surface area (Å²) in [6, 6.07) is 20.7. The van der Waals surface area contributed by atoms with E-state index in [2.05, 4.69) is 36.9 Å². The van der Waals surface area contributed by atoms with Crippen LogP contribution in [0.1, 0.15) is 51.2 Å². The lowest BCUT2D eigenvalue weighted by atomic mass is 9.75. The van der Waals surface area contributed by atoms with Crippen molar-refractivity contribution in [2.24, 2.45) is 35.0 Å². The number of hydrogen-bond donors (Lipinski definition) is 0. The van der Waals surface area contributed by atoms with Gasteiger partial charge in [0.05, 0.1) is 25.7 Å². The van der Waals surface area contributed by atoms with Crippen LogP contribution in [0.3, 0.4) is 0 Å². The van der Waals surface area contributed by atoms with Crippen molar-refractivity contribution in [3.63, 3.8) is 0 Å². The normalized spacial score (nSPS) is 19.5. The van der Waals surface area contributed by atoms with Crippen molar-refractivity contribution in [1.82, 2.24) is 9.47 Å². The zero-order valence-electron chi connectivity index (χ0n) is 29.8. The Bertz CT molecular complexity index is 1990.